The number of rotatable bonds is 8. The first-order valence-electron chi connectivity index (χ1n) is 12.1. The Bertz CT molecular complexity index is 1750. The maximum Gasteiger partial charge on any atom is 0.262 e. The predicted octanol–water partition coefficient (Wildman–Crippen LogP) is 5.77. The zero-order valence-corrected chi connectivity index (χ0v) is 23.6. The third-order valence-corrected chi connectivity index (χ3v) is 8.93. The van der Waals surface area contributed by atoms with Gasteiger partial charge in [0, 0.05) is 16.9 Å². The van der Waals surface area contributed by atoms with Crippen LogP contribution in [0.3, 0.4) is 0 Å². The second-order valence-electron chi connectivity index (χ2n) is 9.36. The molecular weight excluding hydrogens is 534 g/mol. The molecule has 0 aliphatic heterocycles. The quantitative estimate of drug-likeness (QED) is 0.251. The van der Waals surface area contributed by atoms with Gasteiger partial charge >= 0.3 is 0 Å². The lowest BCUT2D eigenvalue weighted by Gasteiger charge is -2.13. The van der Waals surface area contributed by atoms with Crippen LogP contribution < -0.4 is 14.8 Å². The van der Waals surface area contributed by atoms with Gasteiger partial charge in [0.15, 0.2) is 0 Å². The van der Waals surface area contributed by atoms with E-state index in [9.17, 15) is 21.6 Å². The first-order chi connectivity index (χ1) is 18.3. The number of anilines is 3. The fraction of sp³-hybridized carbons (Fsp3) is 0.138. The highest BCUT2D eigenvalue weighted by molar-refractivity contribution is 7.93. The Morgan fingerprint density at radius 2 is 1.26 bits per heavy atom. The highest BCUT2D eigenvalue weighted by atomic mass is 32.2. The summed E-state index contributed by atoms with van der Waals surface area (Å²) in [5.74, 6) is -0.536. The number of hydrogen-bond donors (Lipinski definition) is 3. The fourth-order valence-electron chi connectivity index (χ4n) is 4.09. The summed E-state index contributed by atoms with van der Waals surface area (Å²) in [6.45, 7) is 7.22. The molecule has 4 rings (SSSR count). The molecule has 0 unspecified atom stereocenters. The molecule has 0 saturated heterocycles. The van der Waals surface area contributed by atoms with Gasteiger partial charge in [0.2, 0.25) is 0 Å². The molecule has 0 saturated carbocycles. The summed E-state index contributed by atoms with van der Waals surface area (Å²) in [6, 6.07) is 22.6. The van der Waals surface area contributed by atoms with Crippen LogP contribution in [0.4, 0.5) is 17.1 Å². The van der Waals surface area contributed by atoms with Crippen LogP contribution >= 0.6 is 0 Å². The number of para-hydroxylation sites is 1. The SMILES string of the molecule is Cc1cc(C)cc(NS(=O)(=O)c2cc(C(=O)Nc3ccc(S(=O)(=O)Nc4ccccc4C)cc3)ccc2C)c1. The largest absolute Gasteiger partial charge is 0.322 e. The van der Waals surface area contributed by atoms with Crippen LogP contribution in [0.5, 0.6) is 0 Å². The molecule has 202 valence electrons. The molecule has 0 radical (unpaired) electrons. The molecule has 0 spiro atoms. The maximum absolute atomic E-state index is 13.2. The number of nitrogens with one attached hydrogen (secondary N) is 3. The summed E-state index contributed by atoms with van der Waals surface area (Å²) in [4.78, 5) is 13.0. The summed E-state index contributed by atoms with van der Waals surface area (Å²) in [7, 11) is -7.79. The standard InChI is InChI=1S/C29H29N3O5S2/c1-19-15-20(2)17-25(16-19)31-39(36,37)28-18-23(10-9-22(28)4)29(33)30-24-11-13-26(14-12-24)38(34,35)32-27-8-6-5-7-21(27)3/h5-18,31-32H,1-4H3,(H,30,33). The van der Waals surface area contributed by atoms with Crippen LogP contribution in [0.15, 0.2) is 94.7 Å². The van der Waals surface area contributed by atoms with Crippen molar-refractivity contribution in [3.8, 4) is 0 Å². The first-order valence-corrected chi connectivity index (χ1v) is 15.0. The van der Waals surface area contributed by atoms with Crippen LogP contribution in [-0.2, 0) is 20.0 Å². The van der Waals surface area contributed by atoms with Gasteiger partial charge in [0.25, 0.3) is 26.0 Å². The molecule has 8 nitrogen and oxygen atoms in total. The van der Waals surface area contributed by atoms with E-state index < -0.39 is 26.0 Å². The second-order valence-corrected chi connectivity index (χ2v) is 12.7. The normalized spacial score (nSPS) is 11.6. The fourth-order valence-corrected chi connectivity index (χ4v) is 6.53. The first kappa shape index (κ1) is 27.9. The number of sulfonamides is 2. The molecule has 4 aromatic carbocycles. The van der Waals surface area contributed by atoms with Crippen LogP contribution in [0.25, 0.3) is 0 Å². The van der Waals surface area contributed by atoms with Gasteiger partial charge in [-0.25, -0.2) is 16.8 Å². The van der Waals surface area contributed by atoms with Crippen LogP contribution in [0, 0.1) is 27.7 Å². The van der Waals surface area contributed by atoms with Gasteiger partial charge in [0.1, 0.15) is 0 Å². The van der Waals surface area contributed by atoms with Gasteiger partial charge in [-0.2, -0.15) is 0 Å². The average Bonchev–Trinajstić information content (AvgIpc) is 2.85. The van der Waals surface area contributed by atoms with E-state index in [-0.39, 0.29) is 15.4 Å². The Morgan fingerprint density at radius 1 is 0.615 bits per heavy atom. The molecule has 0 atom stereocenters. The number of carbonyl (C=O) groups is 1. The van der Waals surface area contributed by atoms with Crippen molar-refractivity contribution in [2.75, 3.05) is 14.8 Å². The summed E-state index contributed by atoms with van der Waals surface area (Å²) < 4.78 is 57.0. The van der Waals surface area contributed by atoms with E-state index in [2.05, 4.69) is 14.8 Å². The Labute approximate surface area is 229 Å². The highest BCUT2D eigenvalue weighted by Crippen LogP contribution is 2.24. The predicted molar refractivity (Wildman–Crippen MR) is 154 cm³/mol. The summed E-state index contributed by atoms with van der Waals surface area (Å²) in [6.07, 6.45) is 0. The topological polar surface area (TPSA) is 121 Å². The minimum Gasteiger partial charge on any atom is -0.322 e. The van der Waals surface area contributed by atoms with E-state index in [0.29, 0.717) is 22.6 Å². The molecule has 3 N–H and O–H groups in total. The number of hydrogen-bond acceptors (Lipinski definition) is 5. The molecule has 0 aliphatic carbocycles. The third-order valence-electron chi connectivity index (χ3n) is 6.03. The Hall–Kier alpha value is -4.15. The molecule has 0 aliphatic rings. The molecular formula is C29H29N3O5S2. The summed E-state index contributed by atoms with van der Waals surface area (Å²) >= 11 is 0. The third kappa shape index (κ3) is 6.65. The smallest absolute Gasteiger partial charge is 0.262 e. The Morgan fingerprint density at radius 3 is 1.90 bits per heavy atom. The lowest BCUT2D eigenvalue weighted by molar-refractivity contribution is 0.102. The molecule has 10 heteroatoms. The maximum atomic E-state index is 13.2. The van der Waals surface area contributed by atoms with Gasteiger partial charge in [0.05, 0.1) is 15.5 Å². The van der Waals surface area contributed by atoms with Crippen molar-refractivity contribution in [2.24, 2.45) is 0 Å². The van der Waals surface area contributed by atoms with E-state index in [1.165, 1.54) is 36.4 Å². The van der Waals surface area contributed by atoms with Crippen molar-refractivity contribution in [1.82, 2.24) is 0 Å². The van der Waals surface area contributed by atoms with E-state index in [0.717, 1.165) is 16.7 Å². The van der Waals surface area contributed by atoms with Gasteiger partial charge in [-0.3, -0.25) is 14.2 Å². The van der Waals surface area contributed by atoms with Crippen molar-refractivity contribution in [3.05, 3.63) is 113 Å². The van der Waals surface area contributed by atoms with Crippen molar-refractivity contribution >= 4 is 43.0 Å². The number of carbonyl (C=O) groups excluding carboxylic acids is 1. The van der Waals surface area contributed by atoms with Crippen LogP contribution in [0.1, 0.15) is 32.6 Å². The van der Waals surface area contributed by atoms with Crippen molar-refractivity contribution < 1.29 is 21.6 Å². The van der Waals surface area contributed by atoms with Crippen LogP contribution in [0.2, 0.25) is 0 Å². The highest BCUT2D eigenvalue weighted by Gasteiger charge is 2.20. The van der Waals surface area contributed by atoms with Gasteiger partial charge < -0.3 is 5.32 Å². The number of benzene rings is 4. The van der Waals surface area contributed by atoms with Crippen molar-refractivity contribution in [1.29, 1.82) is 0 Å². The van der Waals surface area contributed by atoms with Crippen molar-refractivity contribution in [3.63, 3.8) is 0 Å². The zero-order valence-electron chi connectivity index (χ0n) is 21.9. The second kappa shape index (κ2) is 10.9. The number of amides is 1. The van der Waals surface area contributed by atoms with E-state index in [1.54, 1.807) is 50.2 Å². The molecule has 0 fully saturated rings. The average molecular weight is 564 g/mol. The lowest BCUT2D eigenvalue weighted by Crippen LogP contribution is -2.17. The van der Waals surface area contributed by atoms with E-state index in [4.69, 9.17) is 0 Å². The zero-order chi connectivity index (χ0) is 28.4. The minimum atomic E-state index is -3.96. The molecule has 4 aromatic rings. The van der Waals surface area contributed by atoms with Gasteiger partial charge in [-0.05, 0) is 105 Å². The number of aryl methyl sites for hydroxylation is 4. The molecule has 1 amide bonds. The molecule has 0 aromatic heterocycles. The van der Waals surface area contributed by atoms with Gasteiger partial charge in [-0.1, -0.05) is 30.3 Å². The Kier molecular flexibility index (Phi) is 7.80. The molecule has 0 bridgehead atoms. The summed E-state index contributed by atoms with van der Waals surface area (Å²) in [5, 5.41) is 2.69. The van der Waals surface area contributed by atoms with E-state index in [1.807, 2.05) is 26.0 Å². The molecule has 0 heterocycles. The van der Waals surface area contributed by atoms with E-state index >= 15 is 0 Å². The minimum absolute atomic E-state index is 0.0157. The van der Waals surface area contributed by atoms with Gasteiger partial charge in [-0.15, -0.1) is 0 Å². The molecule has 39 heavy (non-hydrogen) atoms. The monoisotopic (exact) mass is 563 g/mol. The lowest BCUT2D eigenvalue weighted by atomic mass is 10.1. The van der Waals surface area contributed by atoms with Crippen LogP contribution in [-0.4, -0.2) is 22.7 Å². The Balaban J connectivity index is 1.51. The summed E-state index contributed by atoms with van der Waals surface area (Å²) in [5.41, 5.74) is 4.52. The van der Waals surface area contributed by atoms with Crippen molar-refractivity contribution in [2.45, 2.75) is 37.5 Å².